The van der Waals surface area contributed by atoms with E-state index in [4.69, 9.17) is 4.42 Å². The molecule has 0 bridgehead atoms. The van der Waals surface area contributed by atoms with E-state index in [-0.39, 0.29) is 0 Å². The van der Waals surface area contributed by atoms with Gasteiger partial charge in [-0.15, -0.1) is 5.10 Å². The Morgan fingerprint density at radius 1 is 1.25 bits per heavy atom. The molecule has 0 amide bonds. The molecule has 0 saturated heterocycles. The Labute approximate surface area is 141 Å². The first kappa shape index (κ1) is 14.9. The van der Waals surface area contributed by atoms with Gasteiger partial charge in [0.2, 0.25) is 5.89 Å². The van der Waals surface area contributed by atoms with Gasteiger partial charge in [-0.1, -0.05) is 29.7 Å². The number of para-hydroxylation sites is 1. The summed E-state index contributed by atoms with van der Waals surface area (Å²) in [5, 5.41) is 12.8. The number of aryl methyl sites for hydroxylation is 1. The topological polar surface area (TPSA) is 60.0 Å². The molecular formula is C18H21N5O. The maximum absolute atomic E-state index is 5.81. The van der Waals surface area contributed by atoms with Crippen LogP contribution >= 0.6 is 0 Å². The fourth-order valence-corrected chi connectivity index (χ4v) is 2.94. The van der Waals surface area contributed by atoms with Gasteiger partial charge in [-0.25, -0.2) is 4.68 Å². The third-order valence-electron chi connectivity index (χ3n) is 4.63. The molecule has 0 spiro atoms. The van der Waals surface area contributed by atoms with E-state index in [0.717, 1.165) is 30.0 Å². The van der Waals surface area contributed by atoms with Crippen LogP contribution < -0.4 is 4.90 Å². The van der Waals surface area contributed by atoms with Crippen molar-refractivity contribution in [2.45, 2.75) is 38.6 Å². The number of aromatic nitrogens is 4. The Morgan fingerprint density at radius 3 is 2.83 bits per heavy atom. The minimum Gasteiger partial charge on any atom is -0.408 e. The van der Waals surface area contributed by atoms with E-state index >= 15 is 0 Å². The molecule has 0 atom stereocenters. The second kappa shape index (κ2) is 6.11. The van der Waals surface area contributed by atoms with E-state index in [1.165, 1.54) is 12.0 Å². The van der Waals surface area contributed by atoms with Crippen molar-refractivity contribution < 1.29 is 4.42 Å². The third kappa shape index (κ3) is 2.79. The summed E-state index contributed by atoms with van der Waals surface area (Å²) in [6, 6.07) is 8.78. The number of hydrogen-bond acceptors (Lipinski definition) is 5. The summed E-state index contributed by atoms with van der Waals surface area (Å²) in [6.07, 6.45) is 7.51. The number of benzene rings is 1. The highest BCUT2D eigenvalue weighted by Crippen LogP contribution is 2.36. The van der Waals surface area contributed by atoms with Crippen molar-refractivity contribution in [2.24, 2.45) is 0 Å². The first-order chi connectivity index (χ1) is 11.7. The maximum atomic E-state index is 5.81. The van der Waals surface area contributed by atoms with Crippen LogP contribution in [0.4, 0.5) is 6.01 Å². The fraction of sp³-hybridized carbons (Fsp3) is 0.389. The maximum Gasteiger partial charge on any atom is 0.318 e. The number of hydrogen-bond donors (Lipinski definition) is 0. The standard InChI is InChI=1S/C18H21N5O/c1-13-6-3-4-9-16(13)23-12-14(10-19-23)11-22(2)18-21-20-17(24-18)15-7-5-8-15/h3-4,6,9-10,12,15H,5,7-8,11H2,1-2H3. The van der Waals surface area contributed by atoms with Gasteiger partial charge in [0.1, 0.15) is 0 Å². The third-order valence-corrected chi connectivity index (χ3v) is 4.63. The van der Waals surface area contributed by atoms with Crippen LogP contribution in [-0.2, 0) is 6.54 Å². The van der Waals surface area contributed by atoms with Crippen molar-refractivity contribution >= 4 is 6.01 Å². The Balaban J connectivity index is 1.47. The van der Waals surface area contributed by atoms with Crippen LogP contribution in [0.3, 0.4) is 0 Å². The predicted octanol–water partition coefficient (Wildman–Crippen LogP) is 3.47. The molecule has 3 aromatic rings. The molecule has 2 aromatic heterocycles. The molecule has 1 fully saturated rings. The monoisotopic (exact) mass is 323 g/mol. The first-order valence-electron chi connectivity index (χ1n) is 8.35. The van der Waals surface area contributed by atoms with Gasteiger partial charge in [0.15, 0.2) is 0 Å². The van der Waals surface area contributed by atoms with Crippen molar-refractivity contribution in [3.63, 3.8) is 0 Å². The first-order valence-corrected chi connectivity index (χ1v) is 8.35. The van der Waals surface area contributed by atoms with Gasteiger partial charge in [-0.05, 0) is 31.4 Å². The summed E-state index contributed by atoms with van der Waals surface area (Å²) in [5.74, 6) is 1.24. The van der Waals surface area contributed by atoms with Crippen LogP contribution in [0.1, 0.15) is 42.2 Å². The molecule has 1 aromatic carbocycles. The number of anilines is 1. The lowest BCUT2D eigenvalue weighted by Gasteiger charge is -2.21. The zero-order chi connectivity index (χ0) is 16.5. The molecule has 1 aliphatic carbocycles. The smallest absolute Gasteiger partial charge is 0.318 e. The summed E-state index contributed by atoms with van der Waals surface area (Å²) in [7, 11) is 1.96. The second-order valence-corrected chi connectivity index (χ2v) is 6.49. The molecule has 2 heterocycles. The Morgan fingerprint density at radius 2 is 2.08 bits per heavy atom. The molecule has 6 nitrogen and oxygen atoms in total. The lowest BCUT2D eigenvalue weighted by atomic mass is 9.85. The van der Waals surface area contributed by atoms with Crippen molar-refractivity contribution in [3.8, 4) is 5.69 Å². The minimum absolute atomic E-state index is 0.462. The van der Waals surface area contributed by atoms with Gasteiger partial charge in [0.05, 0.1) is 18.4 Å². The Bertz CT molecular complexity index is 833. The molecule has 6 heteroatoms. The lowest BCUT2D eigenvalue weighted by molar-refractivity contribution is 0.336. The van der Waals surface area contributed by atoms with Crippen molar-refractivity contribution in [3.05, 3.63) is 53.7 Å². The van der Waals surface area contributed by atoms with Gasteiger partial charge in [-0.2, -0.15) is 5.10 Å². The highest BCUT2D eigenvalue weighted by molar-refractivity contribution is 5.39. The second-order valence-electron chi connectivity index (χ2n) is 6.49. The summed E-state index contributed by atoms with van der Waals surface area (Å²) < 4.78 is 7.72. The van der Waals surface area contributed by atoms with E-state index < -0.39 is 0 Å². The predicted molar refractivity (Wildman–Crippen MR) is 91.3 cm³/mol. The van der Waals surface area contributed by atoms with Gasteiger partial charge < -0.3 is 9.32 Å². The van der Waals surface area contributed by atoms with Crippen molar-refractivity contribution in [2.75, 3.05) is 11.9 Å². The minimum atomic E-state index is 0.462. The largest absolute Gasteiger partial charge is 0.408 e. The van der Waals surface area contributed by atoms with Gasteiger partial charge in [0, 0.05) is 24.7 Å². The average molecular weight is 323 g/mol. The Kier molecular flexibility index (Phi) is 3.80. The van der Waals surface area contributed by atoms with Crippen LogP contribution in [-0.4, -0.2) is 27.0 Å². The molecule has 1 saturated carbocycles. The summed E-state index contributed by atoms with van der Waals surface area (Å²) in [4.78, 5) is 1.97. The zero-order valence-corrected chi connectivity index (χ0v) is 14.0. The highest BCUT2D eigenvalue weighted by Gasteiger charge is 2.25. The van der Waals surface area contributed by atoms with E-state index in [2.05, 4.69) is 34.4 Å². The molecular weight excluding hydrogens is 302 g/mol. The van der Waals surface area contributed by atoms with Crippen LogP contribution in [0.25, 0.3) is 5.69 Å². The van der Waals surface area contributed by atoms with Gasteiger partial charge >= 0.3 is 6.01 Å². The van der Waals surface area contributed by atoms with Crippen LogP contribution in [0, 0.1) is 6.92 Å². The summed E-state index contributed by atoms with van der Waals surface area (Å²) >= 11 is 0. The lowest BCUT2D eigenvalue weighted by Crippen LogP contribution is -2.16. The summed E-state index contributed by atoms with van der Waals surface area (Å²) in [5.41, 5.74) is 3.39. The van der Waals surface area contributed by atoms with Crippen LogP contribution in [0.2, 0.25) is 0 Å². The van der Waals surface area contributed by atoms with Gasteiger partial charge in [-0.3, -0.25) is 0 Å². The zero-order valence-electron chi connectivity index (χ0n) is 14.0. The van der Waals surface area contributed by atoms with E-state index in [0.29, 0.717) is 18.5 Å². The summed E-state index contributed by atoms with van der Waals surface area (Å²) in [6.45, 7) is 2.77. The van der Waals surface area contributed by atoms with Gasteiger partial charge in [0.25, 0.3) is 0 Å². The van der Waals surface area contributed by atoms with E-state index in [1.807, 2.05) is 41.2 Å². The normalized spacial score (nSPS) is 14.6. The van der Waals surface area contributed by atoms with E-state index in [1.54, 1.807) is 0 Å². The quantitative estimate of drug-likeness (QED) is 0.719. The molecule has 1 aliphatic rings. The molecule has 124 valence electrons. The van der Waals surface area contributed by atoms with Crippen molar-refractivity contribution in [1.29, 1.82) is 0 Å². The number of nitrogens with zero attached hydrogens (tertiary/aromatic N) is 5. The average Bonchev–Trinajstić information content (AvgIpc) is 3.16. The fourth-order valence-electron chi connectivity index (χ4n) is 2.94. The van der Waals surface area contributed by atoms with Crippen LogP contribution in [0.15, 0.2) is 41.1 Å². The molecule has 0 aliphatic heterocycles. The molecule has 0 unspecified atom stereocenters. The van der Waals surface area contributed by atoms with E-state index in [9.17, 15) is 0 Å². The number of rotatable bonds is 5. The molecule has 0 N–H and O–H groups in total. The van der Waals surface area contributed by atoms with Crippen LogP contribution in [0.5, 0.6) is 0 Å². The molecule has 0 radical (unpaired) electrons. The highest BCUT2D eigenvalue weighted by atomic mass is 16.4. The Hall–Kier alpha value is -2.63. The molecule has 4 rings (SSSR count). The van der Waals surface area contributed by atoms with Crippen molar-refractivity contribution in [1.82, 2.24) is 20.0 Å². The molecule has 24 heavy (non-hydrogen) atoms. The SMILES string of the molecule is Cc1ccccc1-n1cc(CN(C)c2nnc(C3CCC3)o2)cn1.